The number of hydrogen-bond donors (Lipinski definition) is 3. The molecule has 6 heteroatoms. The topological polar surface area (TPSA) is 80.0 Å². The molecule has 0 bridgehead atoms. The van der Waals surface area contributed by atoms with Gasteiger partial charge in [0, 0.05) is 35.7 Å². The SMILES string of the molecule is CNc1cc2c(cn1)CC(c1cc(N)ccc1Cl)C(=O)N2. The van der Waals surface area contributed by atoms with Gasteiger partial charge in [0.1, 0.15) is 5.82 Å². The van der Waals surface area contributed by atoms with E-state index in [4.69, 9.17) is 17.3 Å². The molecule has 1 aromatic carbocycles. The Balaban J connectivity index is 1.99. The summed E-state index contributed by atoms with van der Waals surface area (Å²) in [5.74, 6) is 0.286. The van der Waals surface area contributed by atoms with Crippen LogP contribution in [0.2, 0.25) is 5.02 Å². The molecule has 1 aliphatic heterocycles. The van der Waals surface area contributed by atoms with Gasteiger partial charge in [-0.25, -0.2) is 4.98 Å². The first kappa shape index (κ1) is 13.7. The van der Waals surface area contributed by atoms with Gasteiger partial charge in [0.2, 0.25) is 5.91 Å². The zero-order valence-corrected chi connectivity index (χ0v) is 12.2. The van der Waals surface area contributed by atoms with Crippen LogP contribution >= 0.6 is 11.6 Å². The van der Waals surface area contributed by atoms with Crippen LogP contribution in [0.4, 0.5) is 17.2 Å². The highest BCUT2D eigenvalue weighted by molar-refractivity contribution is 6.31. The molecular weight excluding hydrogens is 288 g/mol. The Hall–Kier alpha value is -2.27. The number of aromatic nitrogens is 1. The van der Waals surface area contributed by atoms with E-state index >= 15 is 0 Å². The van der Waals surface area contributed by atoms with Crippen molar-refractivity contribution in [3.8, 4) is 0 Å². The zero-order valence-electron chi connectivity index (χ0n) is 11.5. The minimum atomic E-state index is -0.351. The summed E-state index contributed by atoms with van der Waals surface area (Å²) < 4.78 is 0. The quantitative estimate of drug-likeness (QED) is 0.745. The third kappa shape index (κ3) is 2.52. The summed E-state index contributed by atoms with van der Waals surface area (Å²) in [6.45, 7) is 0. The molecule has 0 spiro atoms. The highest BCUT2D eigenvalue weighted by atomic mass is 35.5. The number of nitrogens with one attached hydrogen (secondary N) is 2. The summed E-state index contributed by atoms with van der Waals surface area (Å²) in [5.41, 5.74) is 8.91. The number of fused-ring (bicyclic) bond motifs is 1. The van der Waals surface area contributed by atoms with Crippen molar-refractivity contribution < 1.29 is 4.79 Å². The van der Waals surface area contributed by atoms with Crippen LogP contribution in [0.3, 0.4) is 0 Å². The molecule has 0 aliphatic carbocycles. The first-order valence-corrected chi connectivity index (χ1v) is 6.98. The highest BCUT2D eigenvalue weighted by Gasteiger charge is 2.29. The van der Waals surface area contributed by atoms with E-state index in [2.05, 4.69) is 15.6 Å². The van der Waals surface area contributed by atoms with Crippen LogP contribution < -0.4 is 16.4 Å². The lowest BCUT2D eigenvalue weighted by atomic mass is 9.88. The van der Waals surface area contributed by atoms with E-state index in [1.165, 1.54) is 0 Å². The minimum Gasteiger partial charge on any atom is -0.399 e. The van der Waals surface area contributed by atoms with Crippen LogP contribution in [0.25, 0.3) is 0 Å². The van der Waals surface area contributed by atoms with E-state index in [1.54, 1.807) is 31.4 Å². The number of amides is 1. The molecule has 0 fully saturated rings. The van der Waals surface area contributed by atoms with Crippen molar-refractivity contribution >= 4 is 34.7 Å². The zero-order chi connectivity index (χ0) is 15.0. The van der Waals surface area contributed by atoms with Crippen LogP contribution in [0.1, 0.15) is 17.0 Å². The molecule has 3 rings (SSSR count). The highest BCUT2D eigenvalue weighted by Crippen LogP contribution is 2.35. The molecule has 1 atom stereocenters. The maximum absolute atomic E-state index is 12.4. The van der Waals surface area contributed by atoms with E-state index < -0.39 is 0 Å². The summed E-state index contributed by atoms with van der Waals surface area (Å²) in [7, 11) is 1.79. The summed E-state index contributed by atoms with van der Waals surface area (Å²) in [4.78, 5) is 16.7. The van der Waals surface area contributed by atoms with Crippen molar-refractivity contribution in [1.82, 2.24) is 4.98 Å². The maximum Gasteiger partial charge on any atom is 0.232 e. The van der Waals surface area contributed by atoms with Crippen molar-refractivity contribution in [1.29, 1.82) is 0 Å². The minimum absolute atomic E-state index is 0.0803. The van der Waals surface area contributed by atoms with Crippen LogP contribution in [0, 0.1) is 0 Å². The van der Waals surface area contributed by atoms with Crippen molar-refractivity contribution in [2.24, 2.45) is 0 Å². The van der Waals surface area contributed by atoms with Gasteiger partial charge in [-0.15, -0.1) is 0 Å². The molecule has 21 heavy (non-hydrogen) atoms. The van der Waals surface area contributed by atoms with Gasteiger partial charge in [-0.2, -0.15) is 0 Å². The number of nitrogens with zero attached hydrogens (tertiary/aromatic N) is 1. The second-order valence-corrected chi connectivity index (χ2v) is 5.41. The lowest BCUT2D eigenvalue weighted by Gasteiger charge is -2.25. The van der Waals surface area contributed by atoms with Crippen LogP contribution in [0.15, 0.2) is 30.5 Å². The van der Waals surface area contributed by atoms with E-state index in [0.717, 1.165) is 22.6 Å². The molecule has 0 radical (unpaired) electrons. The third-order valence-electron chi connectivity index (χ3n) is 3.64. The molecule has 108 valence electrons. The molecule has 2 heterocycles. The maximum atomic E-state index is 12.4. The van der Waals surface area contributed by atoms with Crippen LogP contribution in [0.5, 0.6) is 0 Å². The van der Waals surface area contributed by atoms with Crippen molar-refractivity contribution in [2.45, 2.75) is 12.3 Å². The Morgan fingerprint density at radius 1 is 1.43 bits per heavy atom. The summed E-state index contributed by atoms with van der Waals surface area (Å²) in [6, 6.07) is 7.02. The fourth-order valence-electron chi connectivity index (χ4n) is 2.51. The Morgan fingerprint density at radius 3 is 3.00 bits per heavy atom. The van der Waals surface area contributed by atoms with Crippen molar-refractivity contribution in [3.63, 3.8) is 0 Å². The fraction of sp³-hybridized carbons (Fsp3) is 0.200. The molecule has 1 unspecified atom stereocenters. The lowest BCUT2D eigenvalue weighted by molar-refractivity contribution is -0.117. The number of carbonyl (C=O) groups excluding carboxylic acids is 1. The number of nitrogens with two attached hydrogens (primary N) is 1. The smallest absolute Gasteiger partial charge is 0.232 e. The molecule has 1 aromatic heterocycles. The third-order valence-corrected chi connectivity index (χ3v) is 3.98. The Morgan fingerprint density at radius 2 is 2.24 bits per heavy atom. The van der Waals surface area contributed by atoms with Gasteiger partial charge in [-0.05, 0) is 35.7 Å². The summed E-state index contributed by atoms with van der Waals surface area (Å²) in [5, 5.41) is 6.41. The number of benzene rings is 1. The summed E-state index contributed by atoms with van der Waals surface area (Å²) in [6.07, 6.45) is 2.33. The van der Waals surface area contributed by atoms with Gasteiger partial charge >= 0.3 is 0 Å². The van der Waals surface area contributed by atoms with Gasteiger partial charge in [0.05, 0.1) is 5.92 Å². The van der Waals surface area contributed by atoms with Crippen LogP contribution in [-0.4, -0.2) is 17.9 Å². The Kier molecular flexibility index (Phi) is 3.43. The lowest BCUT2D eigenvalue weighted by Crippen LogP contribution is -2.28. The standard InChI is InChI=1S/C15H15ClN4O/c1-18-14-6-13-8(7-19-14)4-11(15(21)20-13)10-5-9(17)2-3-12(10)16/h2-3,5-7,11H,4,17H2,1H3,(H,18,19)(H,20,21). The number of carbonyl (C=O) groups is 1. The number of anilines is 3. The van der Waals surface area contributed by atoms with E-state index in [1.807, 2.05) is 6.07 Å². The molecule has 1 aliphatic rings. The number of halogens is 1. The molecular formula is C15H15ClN4O. The Labute approximate surface area is 127 Å². The summed E-state index contributed by atoms with van der Waals surface area (Å²) >= 11 is 6.21. The van der Waals surface area contributed by atoms with E-state index in [0.29, 0.717) is 17.1 Å². The number of pyridine rings is 1. The van der Waals surface area contributed by atoms with Crippen molar-refractivity contribution in [2.75, 3.05) is 23.4 Å². The molecule has 5 nitrogen and oxygen atoms in total. The second kappa shape index (κ2) is 5.26. The van der Waals surface area contributed by atoms with Gasteiger partial charge < -0.3 is 16.4 Å². The van der Waals surface area contributed by atoms with Gasteiger partial charge in [0.15, 0.2) is 0 Å². The molecule has 0 saturated carbocycles. The molecule has 0 saturated heterocycles. The van der Waals surface area contributed by atoms with Gasteiger partial charge in [-0.1, -0.05) is 11.6 Å². The van der Waals surface area contributed by atoms with Crippen LogP contribution in [-0.2, 0) is 11.2 Å². The number of nitrogen functional groups attached to an aromatic ring is 1. The first-order chi connectivity index (χ1) is 10.1. The normalized spacial score (nSPS) is 17.0. The largest absolute Gasteiger partial charge is 0.399 e. The second-order valence-electron chi connectivity index (χ2n) is 5.00. The van der Waals surface area contributed by atoms with Gasteiger partial charge in [0.25, 0.3) is 0 Å². The van der Waals surface area contributed by atoms with E-state index in [-0.39, 0.29) is 11.8 Å². The number of hydrogen-bond acceptors (Lipinski definition) is 4. The predicted molar refractivity (Wildman–Crippen MR) is 84.7 cm³/mol. The van der Waals surface area contributed by atoms with Crippen molar-refractivity contribution in [3.05, 3.63) is 46.6 Å². The number of rotatable bonds is 2. The predicted octanol–water partition coefficient (Wildman–Crippen LogP) is 2.64. The Bertz CT molecular complexity index is 717. The molecule has 1 amide bonds. The average molecular weight is 303 g/mol. The fourth-order valence-corrected chi connectivity index (χ4v) is 2.76. The molecule has 2 aromatic rings. The molecule has 4 N–H and O–H groups in total. The van der Waals surface area contributed by atoms with Gasteiger partial charge in [-0.3, -0.25) is 4.79 Å². The monoisotopic (exact) mass is 302 g/mol. The average Bonchev–Trinajstić information content (AvgIpc) is 2.48. The first-order valence-electron chi connectivity index (χ1n) is 6.61. The van der Waals surface area contributed by atoms with E-state index in [9.17, 15) is 4.79 Å².